The van der Waals surface area contributed by atoms with E-state index >= 15 is 0 Å². The number of nitrogens with one attached hydrogen (secondary N) is 1. The molecule has 0 amide bonds. The first kappa shape index (κ1) is 15.1. The minimum absolute atomic E-state index is 0.0283. The Morgan fingerprint density at radius 3 is 2.39 bits per heavy atom. The van der Waals surface area contributed by atoms with E-state index in [1.54, 1.807) is 6.92 Å². The van der Waals surface area contributed by atoms with Crippen LogP contribution in [0.25, 0.3) is 0 Å². The molecular weight excluding hydrogens is 268 g/mol. The van der Waals surface area contributed by atoms with Crippen LogP contribution in [0.5, 0.6) is 0 Å². The third kappa shape index (κ3) is 3.51. The Hall–Kier alpha value is -0.980. The molecule has 2 unspecified atom stereocenters. The van der Waals surface area contributed by atoms with E-state index in [4.69, 9.17) is 18.0 Å². The van der Waals surface area contributed by atoms with Crippen LogP contribution in [0.3, 0.4) is 0 Å². The molecular formula is C12H18N2O2S2. The fraction of sp³-hybridized carbons (Fsp3) is 0.417. The van der Waals surface area contributed by atoms with Crippen LogP contribution in [-0.4, -0.2) is 18.7 Å². The molecule has 2 atom stereocenters. The average molecular weight is 286 g/mol. The highest BCUT2D eigenvalue weighted by molar-refractivity contribution is 7.93. The lowest BCUT2D eigenvalue weighted by Gasteiger charge is -2.19. The predicted octanol–water partition coefficient (Wildman–Crippen LogP) is 1.65. The van der Waals surface area contributed by atoms with Crippen molar-refractivity contribution in [2.24, 2.45) is 5.73 Å². The van der Waals surface area contributed by atoms with Crippen molar-refractivity contribution in [3.63, 3.8) is 0 Å². The summed E-state index contributed by atoms with van der Waals surface area (Å²) in [5, 5.41) is -0.876. The summed E-state index contributed by atoms with van der Waals surface area (Å²) in [5.41, 5.74) is 7.36. The van der Waals surface area contributed by atoms with E-state index < -0.39 is 15.3 Å². The van der Waals surface area contributed by atoms with Gasteiger partial charge < -0.3 is 5.73 Å². The summed E-state index contributed by atoms with van der Waals surface area (Å²) in [5.74, 6) is 0. The molecule has 0 aliphatic rings. The summed E-state index contributed by atoms with van der Waals surface area (Å²) in [7, 11) is -3.54. The van der Waals surface area contributed by atoms with Gasteiger partial charge in [-0.15, -0.1) is 0 Å². The van der Waals surface area contributed by atoms with Crippen LogP contribution in [0.15, 0.2) is 24.3 Å². The van der Waals surface area contributed by atoms with Gasteiger partial charge in [0.15, 0.2) is 0 Å². The minimum Gasteiger partial charge on any atom is -0.392 e. The largest absolute Gasteiger partial charge is 0.392 e. The molecule has 0 bridgehead atoms. The maximum atomic E-state index is 12.0. The first-order valence-corrected chi connectivity index (χ1v) is 7.57. The van der Waals surface area contributed by atoms with E-state index in [0.29, 0.717) is 0 Å². The normalized spacial score (nSPS) is 15.1. The number of hydrogen-bond donors (Lipinski definition) is 2. The molecule has 0 aromatic heterocycles. The summed E-state index contributed by atoms with van der Waals surface area (Å²) < 4.78 is 26.6. The SMILES string of the molecule is Cc1ccccc1C(C)NS(=O)(=O)C(C)C(N)=S. The summed E-state index contributed by atoms with van der Waals surface area (Å²) >= 11 is 4.72. The maximum Gasteiger partial charge on any atom is 0.221 e. The highest BCUT2D eigenvalue weighted by atomic mass is 32.2. The third-order valence-corrected chi connectivity index (χ3v) is 5.23. The molecule has 1 rings (SSSR count). The molecule has 6 heteroatoms. The standard InChI is InChI=1S/C12H18N2O2S2/c1-8-6-4-5-7-11(8)9(2)14-18(15,16)10(3)12(13)17/h4-7,9-10,14H,1-3H3,(H2,13,17). The van der Waals surface area contributed by atoms with Crippen molar-refractivity contribution < 1.29 is 8.42 Å². The number of hydrogen-bond acceptors (Lipinski definition) is 3. The monoisotopic (exact) mass is 286 g/mol. The topological polar surface area (TPSA) is 72.2 Å². The van der Waals surface area contributed by atoms with Gasteiger partial charge in [-0.25, -0.2) is 13.1 Å². The van der Waals surface area contributed by atoms with Crippen LogP contribution in [0.2, 0.25) is 0 Å². The van der Waals surface area contributed by atoms with Crippen molar-refractivity contribution >= 4 is 27.2 Å². The molecule has 0 radical (unpaired) electrons. The Bertz CT molecular complexity index is 541. The number of sulfonamides is 1. The van der Waals surface area contributed by atoms with E-state index in [1.807, 2.05) is 31.2 Å². The lowest BCUT2D eigenvalue weighted by atomic mass is 10.0. The van der Waals surface area contributed by atoms with Crippen LogP contribution in [0.4, 0.5) is 0 Å². The molecule has 0 aliphatic heterocycles. The van der Waals surface area contributed by atoms with Gasteiger partial charge in [0.1, 0.15) is 5.25 Å². The van der Waals surface area contributed by atoms with Gasteiger partial charge in [0.2, 0.25) is 10.0 Å². The molecule has 0 saturated carbocycles. The molecule has 0 saturated heterocycles. The summed E-state index contributed by atoms with van der Waals surface area (Å²) in [6.07, 6.45) is 0. The lowest BCUT2D eigenvalue weighted by molar-refractivity contribution is 0.563. The summed E-state index contributed by atoms with van der Waals surface area (Å²) in [4.78, 5) is -0.0283. The van der Waals surface area contributed by atoms with Crippen LogP contribution >= 0.6 is 12.2 Å². The van der Waals surface area contributed by atoms with Crippen LogP contribution in [-0.2, 0) is 10.0 Å². The first-order chi connectivity index (χ1) is 8.25. The minimum atomic E-state index is -3.54. The lowest BCUT2D eigenvalue weighted by Crippen LogP contribution is -2.41. The molecule has 0 heterocycles. The number of nitrogens with two attached hydrogens (primary N) is 1. The first-order valence-electron chi connectivity index (χ1n) is 5.61. The fourth-order valence-corrected chi connectivity index (χ4v) is 3.15. The van der Waals surface area contributed by atoms with Gasteiger partial charge in [-0.3, -0.25) is 0 Å². The fourth-order valence-electron chi connectivity index (χ4n) is 1.64. The van der Waals surface area contributed by atoms with Crippen molar-refractivity contribution in [2.75, 3.05) is 0 Å². The van der Waals surface area contributed by atoms with Crippen molar-refractivity contribution in [2.45, 2.75) is 32.1 Å². The molecule has 3 N–H and O–H groups in total. The molecule has 1 aromatic rings. The number of benzene rings is 1. The average Bonchev–Trinajstić information content (AvgIpc) is 2.27. The van der Waals surface area contributed by atoms with Gasteiger partial charge in [0.05, 0.1) is 4.99 Å². The number of thiocarbonyl (C=S) groups is 1. The van der Waals surface area contributed by atoms with E-state index in [0.717, 1.165) is 11.1 Å². The molecule has 0 aliphatic carbocycles. The molecule has 100 valence electrons. The predicted molar refractivity (Wildman–Crippen MR) is 77.9 cm³/mol. The summed E-state index contributed by atoms with van der Waals surface area (Å²) in [6.45, 7) is 5.22. The van der Waals surface area contributed by atoms with Crippen molar-refractivity contribution in [1.29, 1.82) is 0 Å². The van der Waals surface area contributed by atoms with Crippen LogP contribution in [0, 0.1) is 6.92 Å². The van der Waals surface area contributed by atoms with E-state index in [-0.39, 0.29) is 11.0 Å². The quantitative estimate of drug-likeness (QED) is 0.807. The Kier molecular flexibility index (Phi) is 4.84. The second-order valence-electron chi connectivity index (χ2n) is 4.29. The molecule has 0 fully saturated rings. The Morgan fingerprint density at radius 2 is 1.89 bits per heavy atom. The van der Waals surface area contributed by atoms with Crippen molar-refractivity contribution in [1.82, 2.24) is 4.72 Å². The van der Waals surface area contributed by atoms with Crippen LogP contribution in [0.1, 0.15) is 31.0 Å². The van der Waals surface area contributed by atoms with Gasteiger partial charge in [-0.1, -0.05) is 36.5 Å². The zero-order valence-corrected chi connectivity index (χ0v) is 12.3. The van der Waals surface area contributed by atoms with Gasteiger partial charge in [-0.2, -0.15) is 0 Å². The van der Waals surface area contributed by atoms with Crippen molar-refractivity contribution in [3.8, 4) is 0 Å². The van der Waals surface area contributed by atoms with E-state index in [1.165, 1.54) is 6.92 Å². The highest BCUT2D eigenvalue weighted by Gasteiger charge is 2.25. The molecule has 18 heavy (non-hydrogen) atoms. The molecule has 0 spiro atoms. The summed E-state index contributed by atoms with van der Waals surface area (Å²) in [6, 6.07) is 7.32. The Balaban J connectivity index is 2.92. The smallest absolute Gasteiger partial charge is 0.221 e. The third-order valence-electron chi connectivity index (χ3n) is 2.86. The Labute approximate surface area is 114 Å². The number of aryl methyl sites for hydroxylation is 1. The zero-order valence-electron chi connectivity index (χ0n) is 10.7. The van der Waals surface area contributed by atoms with Gasteiger partial charge in [0, 0.05) is 6.04 Å². The second-order valence-corrected chi connectivity index (χ2v) is 6.79. The maximum absolute atomic E-state index is 12.0. The van der Waals surface area contributed by atoms with E-state index in [9.17, 15) is 8.42 Å². The molecule has 1 aromatic carbocycles. The Morgan fingerprint density at radius 1 is 1.33 bits per heavy atom. The van der Waals surface area contributed by atoms with Gasteiger partial charge in [0.25, 0.3) is 0 Å². The van der Waals surface area contributed by atoms with Crippen molar-refractivity contribution in [3.05, 3.63) is 35.4 Å². The van der Waals surface area contributed by atoms with Gasteiger partial charge in [-0.05, 0) is 31.9 Å². The zero-order chi connectivity index (χ0) is 13.9. The number of rotatable bonds is 5. The highest BCUT2D eigenvalue weighted by Crippen LogP contribution is 2.18. The van der Waals surface area contributed by atoms with E-state index in [2.05, 4.69) is 4.72 Å². The second kappa shape index (κ2) is 5.77. The van der Waals surface area contributed by atoms with Crippen LogP contribution < -0.4 is 10.5 Å². The molecule has 4 nitrogen and oxygen atoms in total. The van der Waals surface area contributed by atoms with Gasteiger partial charge >= 0.3 is 0 Å².